The number of carboxylic acids is 1. The maximum Gasteiger partial charge on any atom is 0.346 e. The Bertz CT molecular complexity index is 630. The summed E-state index contributed by atoms with van der Waals surface area (Å²) >= 11 is 1.02. The predicted molar refractivity (Wildman–Crippen MR) is 68.4 cm³/mol. The summed E-state index contributed by atoms with van der Waals surface area (Å²) in [5.74, 6) is -0.727. The highest BCUT2D eigenvalue weighted by molar-refractivity contribution is 7.20. The molecule has 0 atom stereocenters. The number of hydrogen-bond acceptors (Lipinski definition) is 5. The van der Waals surface area contributed by atoms with Gasteiger partial charge in [0.05, 0.1) is 11.9 Å². The van der Waals surface area contributed by atoms with E-state index in [4.69, 9.17) is 5.11 Å². The summed E-state index contributed by atoms with van der Waals surface area (Å²) in [5, 5.41) is 9.59. The Morgan fingerprint density at radius 1 is 1.53 bits per heavy atom. The molecule has 0 saturated carbocycles. The highest BCUT2D eigenvalue weighted by atomic mass is 32.1. The minimum Gasteiger partial charge on any atom is -0.477 e. The molecule has 102 valence electrons. The van der Waals surface area contributed by atoms with E-state index in [0.717, 1.165) is 11.3 Å². The van der Waals surface area contributed by atoms with E-state index in [2.05, 4.69) is 9.97 Å². The summed E-state index contributed by atoms with van der Waals surface area (Å²) < 4.78 is 24.9. The van der Waals surface area contributed by atoms with Gasteiger partial charge in [-0.15, -0.1) is 11.3 Å². The van der Waals surface area contributed by atoms with Gasteiger partial charge in [0.25, 0.3) is 6.43 Å². The lowest BCUT2D eigenvalue weighted by atomic mass is 10.2. The molecule has 0 aliphatic carbocycles. The number of aryl methyl sites for hydroxylation is 1. The van der Waals surface area contributed by atoms with Crippen molar-refractivity contribution in [1.29, 1.82) is 0 Å². The molecule has 0 saturated heterocycles. The number of thiophene rings is 1. The van der Waals surface area contributed by atoms with Crippen molar-refractivity contribution >= 4 is 33.3 Å². The van der Waals surface area contributed by atoms with Crippen LogP contribution in [0.3, 0.4) is 0 Å². The fraction of sp³-hybridized carbons (Fsp3) is 0.364. The molecule has 0 spiro atoms. The van der Waals surface area contributed by atoms with Gasteiger partial charge in [0.1, 0.15) is 21.9 Å². The molecule has 1 N–H and O–H groups in total. The number of fused-ring (bicyclic) bond motifs is 1. The Hall–Kier alpha value is -1.83. The zero-order valence-electron chi connectivity index (χ0n) is 10.2. The largest absolute Gasteiger partial charge is 0.477 e. The van der Waals surface area contributed by atoms with Gasteiger partial charge in [0.2, 0.25) is 0 Å². The molecule has 8 heteroatoms. The third-order valence-corrected chi connectivity index (χ3v) is 3.86. The van der Waals surface area contributed by atoms with Crippen LogP contribution >= 0.6 is 11.3 Å². The topological polar surface area (TPSA) is 66.3 Å². The van der Waals surface area contributed by atoms with Gasteiger partial charge in [-0.3, -0.25) is 0 Å². The molecule has 0 aliphatic heterocycles. The Kier molecular flexibility index (Phi) is 3.61. The zero-order chi connectivity index (χ0) is 14.2. The number of hydrogen-bond donors (Lipinski definition) is 1. The van der Waals surface area contributed by atoms with E-state index >= 15 is 0 Å². The molecule has 0 bridgehead atoms. The number of anilines is 1. The van der Waals surface area contributed by atoms with Crippen molar-refractivity contribution in [2.75, 3.05) is 18.5 Å². The average Bonchev–Trinajstić information content (AvgIpc) is 2.66. The molecule has 0 unspecified atom stereocenters. The molecule has 0 aromatic carbocycles. The highest BCUT2D eigenvalue weighted by Crippen LogP contribution is 2.34. The molecular weight excluding hydrogens is 276 g/mol. The van der Waals surface area contributed by atoms with Crippen molar-refractivity contribution in [1.82, 2.24) is 9.97 Å². The standard InChI is InChI=1S/C11H11F2N3O2S/c1-5-7-9(16(2)3-6(12)13)14-4-15-10(7)19-8(5)11(17)18/h4,6H,3H2,1-2H3,(H,17,18). The highest BCUT2D eigenvalue weighted by Gasteiger charge is 2.21. The van der Waals surface area contributed by atoms with Gasteiger partial charge in [-0.1, -0.05) is 0 Å². The molecule has 0 fully saturated rings. The van der Waals surface area contributed by atoms with Crippen LogP contribution in [0.1, 0.15) is 15.2 Å². The summed E-state index contributed by atoms with van der Waals surface area (Å²) in [6, 6.07) is 0. The lowest BCUT2D eigenvalue weighted by Gasteiger charge is -2.18. The Balaban J connectivity index is 2.59. The number of carboxylic acid groups (broad SMARTS) is 1. The molecule has 5 nitrogen and oxygen atoms in total. The monoisotopic (exact) mass is 287 g/mol. The first kappa shape index (κ1) is 13.6. The fourth-order valence-corrected chi connectivity index (χ4v) is 2.82. The van der Waals surface area contributed by atoms with Crippen LogP contribution in [0.2, 0.25) is 0 Å². The molecule has 0 radical (unpaired) electrons. The van der Waals surface area contributed by atoms with E-state index in [1.165, 1.54) is 18.3 Å². The average molecular weight is 287 g/mol. The minimum absolute atomic E-state index is 0.155. The van der Waals surface area contributed by atoms with Gasteiger partial charge in [0.15, 0.2) is 0 Å². The molecule has 2 aromatic rings. The van der Waals surface area contributed by atoms with Gasteiger partial charge < -0.3 is 10.0 Å². The first-order chi connectivity index (χ1) is 8.91. The van der Waals surface area contributed by atoms with E-state index in [1.807, 2.05) is 0 Å². The maximum atomic E-state index is 12.4. The van der Waals surface area contributed by atoms with Crippen molar-refractivity contribution in [3.05, 3.63) is 16.8 Å². The van der Waals surface area contributed by atoms with E-state index < -0.39 is 18.9 Å². The lowest BCUT2D eigenvalue weighted by molar-refractivity contribution is 0.0701. The molecule has 2 rings (SSSR count). The van der Waals surface area contributed by atoms with Crippen molar-refractivity contribution < 1.29 is 18.7 Å². The van der Waals surface area contributed by atoms with Gasteiger partial charge in [-0.05, 0) is 12.5 Å². The molecule has 19 heavy (non-hydrogen) atoms. The first-order valence-corrected chi connectivity index (χ1v) is 6.20. The van der Waals surface area contributed by atoms with Crippen LogP contribution in [-0.4, -0.2) is 41.1 Å². The summed E-state index contributed by atoms with van der Waals surface area (Å²) in [6.45, 7) is 1.16. The second kappa shape index (κ2) is 5.04. The predicted octanol–water partition coefficient (Wildman–Crippen LogP) is 2.40. The molecule has 2 aromatic heterocycles. The zero-order valence-corrected chi connectivity index (χ0v) is 11.0. The molecule has 0 amide bonds. The van der Waals surface area contributed by atoms with Gasteiger partial charge in [-0.2, -0.15) is 0 Å². The van der Waals surface area contributed by atoms with Crippen molar-refractivity contribution in [2.24, 2.45) is 0 Å². The lowest BCUT2D eigenvalue weighted by Crippen LogP contribution is -2.25. The Morgan fingerprint density at radius 2 is 2.21 bits per heavy atom. The van der Waals surface area contributed by atoms with Crippen LogP contribution in [0.4, 0.5) is 14.6 Å². The molecule has 0 aliphatic rings. The third-order valence-electron chi connectivity index (χ3n) is 2.67. The number of nitrogens with zero attached hydrogens (tertiary/aromatic N) is 3. The van der Waals surface area contributed by atoms with Crippen LogP contribution in [0.5, 0.6) is 0 Å². The Labute approximate surface area is 111 Å². The van der Waals surface area contributed by atoms with Crippen molar-refractivity contribution in [3.8, 4) is 0 Å². The smallest absolute Gasteiger partial charge is 0.346 e. The van der Waals surface area contributed by atoms with Crippen LogP contribution in [-0.2, 0) is 0 Å². The maximum absolute atomic E-state index is 12.4. The minimum atomic E-state index is -2.49. The summed E-state index contributed by atoms with van der Waals surface area (Å²) in [6.07, 6.45) is -1.24. The summed E-state index contributed by atoms with van der Waals surface area (Å²) in [4.78, 5) is 21.0. The van der Waals surface area contributed by atoms with Gasteiger partial charge in [0, 0.05) is 7.05 Å². The third kappa shape index (κ3) is 2.48. The number of halogens is 2. The molecule has 2 heterocycles. The van der Waals surface area contributed by atoms with Gasteiger partial charge >= 0.3 is 5.97 Å². The van der Waals surface area contributed by atoms with Crippen LogP contribution in [0.25, 0.3) is 10.2 Å². The van der Waals surface area contributed by atoms with E-state index in [0.29, 0.717) is 21.6 Å². The fourth-order valence-electron chi connectivity index (χ4n) is 1.84. The molecular formula is C11H11F2N3O2S. The van der Waals surface area contributed by atoms with Gasteiger partial charge in [-0.25, -0.2) is 23.5 Å². The van der Waals surface area contributed by atoms with E-state index in [1.54, 1.807) is 6.92 Å². The van der Waals surface area contributed by atoms with Crippen LogP contribution in [0, 0.1) is 6.92 Å². The number of rotatable bonds is 4. The van der Waals surface area contributed by atoms with Crippen LogP contribution < -0.4 is 4.90 Å². The number of aromatic carboxylic acids is 1. The Morgan fingerprint density at radius 3 is 2.79 bits per heavy atom. The number of aromatic nitrogens is 2. The second-order valence-corrected chi connectivity index (χ2v) is 5.01. The van der Waals surface area contributed by atoms with Crippen molar-refractivity contribution in [2.45, 2.75) is 13.3 Å². The van der Waals surface area contributed by atoms with E-state index in [9.17, 15) is 13.6 Å². The van der Waals surface area contributed by atoms with Crippen molar-refractivity contribution in [3.63, 3.8) is 0 Å². The van der Waals surface area contributed by atoms with Crippen LogP contribution in [0.15, 0.2) is 6.33 Å². The summed E-state index contributed by atoms with van der Waals surface area (Å²) in [5.41, 5.74) is 0.504. The SMILES string of the molecule is Cc1c(C(=O)O)sc2ncnc(N(C)CC(F)F)c12. The number of alkyl halides is 2. The normalized spacial score (nSPS) is 11.2. The quantitative estimate of drug-likeness (QED) is 0.935. The first-order valence-electron chi connectivity index (χ1n) is 5.38. The number of carbonyl (C=O) groups is 1. The second-order valence-electron chi connectivity index (χ2n) is 4.01. The summed E-state index contributed by atoms with van der Waals surface area (Å²) in [7, 11) is 1.49. The van der Waals surface area contributed by atoms with E-state index in [-0.39, 0.29) is 4.88 Å².